The lowest BCUT2D eigenvalue weighted by Crippen LogP contribution is -2.10. The second-order valence-corrected chi connectivity index (χ2v) is 7.70. The molecule has 0 aliphatic carbocycles. The highest BCUT2D eigenvalue weighted by Crippen LogP contribution is 2.35. The number of nitrogens with zero attached hydrogens (tertiary/aromatic N) is 3. The number of allylic oxidation sites excluding steroid dienone is 1. The molecule has 1 aliphatic rings. The fraction of sp³-hybridized carbons (Fsp3) is 0.0385. The van der Waals surface area contributed by atoms with Gasteiger partial charge in [0, 0.05) is 17.3 Å². The minimum atomic E-state index is -0.550. The third-order valence-electron chi connectivity index (χ3n) is 5.49. The van der Waals surface area contributed by atoms with Crippen LogP contribution in [0.3, 0.4) is 0 Å². The van der Waals surface area contributed by atoms with Crippen molar-refractivity contribution in [3.05, 3.63) is 101 Å². The summed E-state index contributed by atoms with van der Waals surface area (Å²) in [6.07, 6.45) is 3.32. The van der Waals surface area contributed by atoms with Crippen LogP contribution in [0.4, 0.5) is 5.69 Å². The number of esters is 1. The van der Waals surface area contributed by atoms with Crippen LogP contribution in [0.1, 0.15) is 26.3 Å². The van der Waals surface area contributed by atoms with Crippen molar-refractivity contribution in [2.45, 2.75) is 0 Å². The number of aromatic nitrogens is 2. The first kappa shape index (κ1) is 22.1. The number of carbonyl (C=O) groups is 2. The fourth-order valence-corrected chi connectivity index (χ4v) is 3.78. The van der Waals surface area contributed by atoms with Gasteiger partial charge in [0.15, 0.2) is 5.76 Å². The van der Waals surface area contributed by atoms with Crippen LogP contribution >= 0.6 is 0 Å². The second kappa shape index (κ2) is 8.90. The Labute approximate surface area is 199 Å². The molecule has 0 radical (unpaired) electrons. The molecule has 174 valence electrons. The van der Waals surface area contributed by atoms with Crippen LogP contribution in [0.25, 0.3) is 23.0 Å². The maximum absolute atomic E-state index is 13.1. The molecule has 0 amide bonds. The number of hydrogen-bond acceptors (Lipinski definition) is 8. The SMILES string of the molecule is COC(=O)c1ccc2c(c1)C(=O)C(=Cc1cn(-c3ccccc3)nc1-c1cccc(N(O)O)c1)O2. The van der Waals surface area contributed by atoms with Gasteiger partial charge < -0.3 is 9.47 Å². The summed E-state index contributed by atoms with van der Waals surface area (Å²) in [5.41, 5.74) is 3.10. The molecular weight excluding hydrogens is 450 g/mol. The van der Waals surface area contributed by atoms with Crippen molar-refractivity contribution in [2.24, 2.45) is 0 Å². The molecule has 9 nitrogen and oxygen atoms in total. The Bertz CT molecular complexity index is 1470. The molecule has 0 atom stereocenters. The molecule has 1 aliphatic heterocycles. The third kappa shape index (κ3) is 4.17. The number of ether oxygens (including phenoxy) is 2. The van der Waals surface area contributed by atoms with Gasteiger partial charge in [-0.25, -0.2) is 9.48 Å². The van der Waals surface area contributed by atoms with Gasteiger partial charge in [-0.2, -0.15) is 5.10 Å². The zero-order valence-corrected chi connectivity index (χ0v) is 18.5. The number of carbonyl (C=O) groups excluding carboxylic acids is 2. The van der Waals surface area contributed by atoms with Crippen LogP contribution < -0.4 is 9.96 Å². The maximum Gasteiger partial charge on any atom is 0.337 e. The smallest absolute Gasteiger partial charge is 0.337 e. The van der Waals surface area contributed by atoms with Gasteiger partial charge in [0.25, 0.3) is 0 Å². The summed E-state index contributed by atoms with van der Waals surface area (Å²) in [6.45, 7) is 0. The van der Waals surface area contributed by atoms with E-state index >= 15 is 0 Å². The van der Waals surface area contributed by atoms with E-state index < -0.39 is 5.97 Å². The van der Waals surface area contributed by atoms with Gasteiger partial charge in [0.1, 0.15) is 11.4 Å². The van der Waals surface area contributed by atoms with E-state index in [0.29, 0.717) is 22.6 Å². The molecule has 0 spiro atoms. The summed E-state index contributed by atoms with van der Waals surface area (Å²) in [7, 11) is 1.27. The van der Waals surface area contributed by atoms with E-state index in [1.165, 1.54) is 25.3 Å². The average Bonchev–Trinajstić information content (AvgIpc) is 3.45. The Kier molecular flexibility index (Phi) is 5.61. The van der Waals surface area contributed by atoms with Crippen molar-refractivity contribution in [2.75, 3.05) is 12.3 Å². The topological polar surface area (TPSA) is 114 Å². The van der Waals surface area contributed by atoms with Crippen LogP contribution in [-0.4, -0.2) is 39.1 Å². The van der Waals surface area contributed by atoms with Gasteiger partial charge in [0.2, 0.25) is 5.78 Å². The lowest BCUT2D eigenvalue weighted by atomic mass is 10.0. The summed E-state index contributed by atoms with van der Waals surface area (Å²) in [5.74, 6) is -0.525. The summed E-state index contributed by atoms with van der Waals surface area (Å²) < 4.78 is 12.2. The Morgan fingerprint density at radius 3 is 2.60 bits per heavy atom. The second-order valence-electron chi connectivity index (χ2n) is 7.70. The summed E-state index contributed by atoms with van der Waals surface area (Å²) in [4.78, 5) is 25.0. The molecule has 2 heterocycles. The van der Waals surface area contributed by atoms with Gasteiger partial charge in [-0.3, -0.25) is 15.2 Å². The Morgan fingerprint density at radius 2 is 1.86 bits per heavy atom. The van der Waals surface area contributed by atoms with Gasteiger partial charge in [-0.15, -0.1) is 5.23 Å². The summed E-state index contributed by atoms with van der Waals surface area (Å²) in [6, 6.07) is 20.4. The lowest BCUT2D eigenvalue weighted by Gasteiger charge is -2.09. The number of hydrogen-bond donors (Lipinski definition) is 2. The Morgan fingerprint density at radius 1 is 1.06 bits per heavy atom. The van der Waals surface area contributed by atoms with E-state index in [4.69, 9.17) is 9.47 Å². The Hall–Kier alpha value is -4.73. The summed E-state index contributed by atoms with van der Waals surface area (Å²) in [5, 5.41) is 23.6. The van der Waals surface area contributed by atoms with E-state index in [-0.39, 0.29) is 33.6 Å². The number of fused-ring (bicyclic) bond motifs is 1. The maximum atomic E-state index is 13.1. The first-order chi connectivity index (χ1) is 16.9. The summed E-state index contributed by atoms with van der Waals surface area (Å²) >= 11 is 0. The standard InChI is InChI=1S/C26H19N3O6/c1-34-26(31)17-10-11-22-21(13-17)25(30)23(35-22)14-18-15-28(19-7-3-2-4-8-19)27-24(18)16-6-5-9-20(12-16)29(32)33/h2-15,32-33H,1H3. The quantitative estimate of drug-likeness (QED) is 0.249. The fourth-order valence-electron chi connectivity index (χ4n) is 3.78. The van der Waals surface area contributed by atoms with E-state index in [1.54, 1.807) is 41.2 Å². The average molecular weight is 469 g/mol. The molecular formula is C26H19N3O6. The van der Waals surface area contributed by atoms with Gasteiger partial charge in [0.05, 0.1) is 29.6 Å². The molecule has 0 unspecified atom stereocenters. The number of ketones is 1. The number of anilines is 1. The lowest BCUT2D eigenvalue weighted by molar-refractivity contribution is 0.0291. The third-order valence-corrected chi connectivity index (χ3v) is 5.49. The minimum absolute atomic E-state index is 0.0228. The first-order valence-corrected chi connectivity index (χ1v) is 10.5. The normalized spacial score (nSPS) is 13.5. The predicted octanol–water partition coefficient (Wildman–Crippen LogP) is 4.53. The molecule has 0 saturated carbocycles. The molecule has 0 saturated heterocycles. The largest absolute Gasteiger partial charge is 0.465 e. The highest BCUT2D eigenvalue weighted by Gasteiger charge is 2.29. The molecule has 4 aromatic rings. The molecule has 0 bridgehead atoms. The predicted molar refractivity (Wildman–Crippen MR) is 126 cm³/mol. The first-order valence-electron chi connectivity index (χ1n) is 10.5. The highest BCUT2D eigenvalue weighted by atomic mass is 16.8. The highest BCUT2D eigenvalue weighted by molar-refractivity contribution is 6.15. The van der Waals surface area contributed by atoms with Crippen LogP contribution in [0.5, 0.6) is 5.75 Å². The van der Waals surface area contributed by atoms with Crippen LogP contribution in [0.2, 0.25) is 0 Å². The van der Waals surface area contributed by atoms with E-state index in [2.05, 4.69) is 5.10 Å². The number of benzene rings is 3. The van der Waals surface area contributed by atoms with Crippen molar-refractivity contribution >= 4 is 23.5 Å². The van der Waals surface area contributed by atoms with Crippen LogP contribution in [-0.2, 0) is 4.74 Å². The molecule has 2 N–H and O–H groups in total. The number of para-hydroxylation sites is 1. The molecule has 5 rings (SSSR count). The molecule has 3 aromatic carbocycles. The van der Waals surface area contributed by atoms with Crippen molar-refractivity contribution in [1.82, 2.24) is 9.78 Å². The number of Topliss-reactive ketones (excluding diaryl/α,β-unsaturated/α-hetero) is 1. The van der Waals surface area contributed by atoms with Crippen LogP contribution in [0, 0.1) is 0 Å². The molecule has 1 aromatic heterocycles. The monoisotopic (exact) mass is 469 g/mol. The Balaban J connectivity index is 1.60. The molecule has 9 heteroatoms. The van der Waals surface area contributed by atoms with Crippen LogP contribution in [0.15, 0.2) is 84.8 Å². The minimum Gasteiger partial charge on any atom is -0.465 e. The van der Waals surface area contributed by atoms with Crippen molar-refractivity contribution < 1.29 is 29.5 Å². The van der Waals surface area contributed by atoms with Crippen molar-refractivity contribution in [3.63, 3.8) is 0 Å². The van der Waals surface area contributed by atoms with Gasteiger partial charge in [-0.05, 0) is 48.5 Å². The van der Waals surface area contributed by atoms with E-state index in [0.717, 1.165) is 5.69 Å². The van der Waals surface area contributed by atoms with Crippen molar-refractivity contribution in [3.8, 4) is 22.7 Å². The van der Waals surface area contributed by atoms with E-state index in [9.17, 15) is 20.0 Å². The van der Waals surface area contributed by atoms with Crippen molar-refractivity contribution in [1.29, 1.82) is 0 Å². The zero-order chi connectivity index (χ0) is 24.5. The van der Waals surface area contributed by atoms with Gasteiger partial charge in [-0.1, -0.05) is 30.3 Å². The number of rotatable bonds is 5. The number of methoxy groups -OCH3 is 1. The van der Waals surface area contributed by atoms with E-state index in [1.807, 2.05) is 30.3 Å². The molecule has 0 fully saturated rings. The zero-order valence-electron chi connectivity index (χ0n) is 18.5. The molecule has 35 heavy (non-hydrogen) atoms. The van der Waals surface area contributed by atoms with Gasteiger partial charge >= 0.3 is 5.97 Å².